The number of rotatable bonds is 12. The van der Waals surface area contributed by atoms with E-state index in [0.717, 1.165) is 0 Å². The molecule has 0 aromatic heterocycles. The van der Waals surface area contributed by atoms with Gasteiger partial charge >= 0.3 is 5.97 Å². The minimum atomic E-state index is -0.828. The molecule has 35 heavy (non-hydrogen) atoms. The number of esters is 1. The summed E-state index contributed by atoms with van der Waals surface area (Å²) in [7, 11) is 1.53. The van der Waals surface area contributed by atoms with Crippen molar-refractivity contribution in [2.24, 2.45) is 5.10 Å². The van der Waals surface area contributed by atoms with Crippen LogP contribution in [0.1, 0.15) is 36.7 Å². The molecule has 0 bridgehead atoms. The molecule has 0 radical (unpaired) electrons. The Morgan fingerprint density at radius 1 is 1.09 bits per heavy atom. The molecule has 0 spiro atoms. The maximum absolute atomic E-state index is 12.3. The second-order valence-electron chi connectivity index (χ2n) is 7.01. The number of hydrazone groups is 1. The lowest BCUT2D eigenvalue weighted by Gasteiger charge is -2.14. The van der Waals surface area contributed by atoms with Crippen molar-refractivity contribution < 1.29 is 33.3 Å². The van der Waals surface area contributed by atoms with Gasteiger partial charge in [0.2, 0.25) is 0 Å². The Morgan fingerprint density at radius 3 is 2.43 bits per heavy atom. The van der Waals surface area contributed by atoms with Gasteiger partial charge in [-0.15, -0.1) is 0 Å². The summed E-state index contributed by atoms with van der Waals surface area (Å²) in [5.41, 5.74) is 3.39. The fourth-order valence-electron chi connectivity index (χ4n) is 2.75. The summed E-state index contributed by atoms with van der Waals surface area (Å²) in [5.74, 6) is -0.0394. The van der Waals surface area contributed by atoms with Crippen molar-refractivity contribution in [2.75, 3.05) is 26.9 Å². The number of nitrogens with one attached hydrogen (secondary N) is 2. The Labute approximate surface area is 212 Å². The fraction of sp³-hybridized carbons (Fsp3) is 0.333. The summed E-state index contributed by atoms with van der Waals surface area (Å²) in [6.45, 7) is 5.42. The Balaban J connectivity index is 1.99. The molecule has 2 aromatic carbocycles. The lowest BCUT2D eigenvalue weighted by Crippen LogP contribution is -2.43. The lowest BCUT2D eigenvalue weighted by atomic mass is 10.2. The number of amides is 2. The van der Waals surface area contributed by atoms with E-state index >= 15 is 0 Å². The van der Waals surface area contributed by atoms with Gasteiger partial charge in [0.05, 0.1) is 31.0 Å². The molecule has 2 aromatic rings. The van der Waals surface area contributed by atoms with Crippen LogP contribution < -0.4 is 25.0 Å². The molecule has 1 atom stereocenters. The summed E-state index contributed by atoms with van der Waals surface area (Å²) in [6.07, 6.45) is 1.42. The van der Waals surface area contributed by atoms with Crippen molar-refractivity contribution in [3.8, 4) is 17.2 Å². The van der Waals surface area contributed by atoms with Gasteiger partial charge in [-0.1, -0.05) is 0 Å². The highest BCUT2D eigenvalue weighted by molar-refractivity contribution is 9.10. The Kier molecular flexibility index (Phi) is 11.0. The van der Waals surface area contributed by atoms with E-state index < -0.39 is 23.8 Å². The van der Waals surface area contributed by atoms with Gasteiger partial charge in [-0.2, -0.15) is 5.10 Å². The number of carbonyl (C=O) groups excluding carboxylic acids is 3. The van der Waals surface area contributed by atoms with Crippen LogP contribution in [0, 0.1) is 0 Å². The Hall–Kier alpha value is -3.60. The molecule has 0 fully saturated rings. The topological polar surface area (TPSA) is 125 Å². The molecule has 0 heterocycles. The second-order valence-corrected chi connectivity index (χ2v) is 7.87. The van der Waals surface area contributed by atoms with Crippen LogP contribution in [0.15, 0.2) is 46.0 Å². The van der Waals surface area contributed by atoms with Crippen molar-refractivity contribution in [3.63, 3.8) is 0 Å². The monoisotopic (exact) mass is 549 g/mol. The first-order valence-electron chi connectivity index (χ1n) is 10.8. The summed E-state index contributed by atoms with van der Waals surface area (Å²) < 4.78 is 21.6. The van der Waals surface area contributed by atoms with Crippen LogP contribution in [-0.2, 0) is 14.3 Å². The maximum atomic E-state index is 12.3. The van der Waals surface area contributed by atoms with Crippen molar-refractivity contribution >= 4 is 39.9 Å². The first-order chi connectivity index (χ1) is 16.8. The molecule has 1 unspecified atom stereocenters. The number of hydrogen-bond acceptors (Lipinski definition) is 8. The van der Waals surface area contributed by atoms with E-state index in [-0.39, 0.29) is 13.2 Å². The van der Waals surface area contributed by atoms with Gasteiger partial charge in [0, 0.05) is 5.56 Å². The van der Waals surface area contributed by atoms with Gasteiger partial charge in [0.25, 0.3) is 11.8 Å². The SMILES string of the molecule is CCOC(=O)COc1c(Br)cc(C=NNC(=O)C(C)NC(=O)c2ccc(OC)cc2)cc1OCC. The van der Waals surface area contributed by atoms with E-state index in [1.54, 1.807) is 50.2 Å². The molecule has 10 nitrogen and oxygen atoms in total. The molecule has 11 heteroatoms. The highest BCUT2D eigenvalue weighted by Gasteiger charge is 2.17. The third kappa shape index (κ3) is 8.60. The molecule has 2 rings (SSSR count). The largest absolute Gasteiger partial charge is 0.497 e. The van der Waals surface area contributed by atoms with Crippen molar-refractivity contribution in [1.29, 1.82) is 0 Å². The first kappa shape index (κ1) is 27.6. The minimum absolute atomic E-state index is 0.257. The summed E-state index contributed by atoms with van der Waals surface area (Å²) in [5, 5.41) is 6.56. The standard InChI is InChI=1S/C24H28BrN3O7/c1-5-33-20-12-16(11-19(25)22(20)35-14-21(29)34-6-2)13-26-28-23(30)15(3)27-24(31)17-7-9-18(32-4)10-8-17/h7-13,15H,5-6,14H2,1-4H3,(H,27,31)(H,28,30). The Bertz CT molecular complexity index is 1060. The first-order valence-corrected chi connectivity index (χ1v) is 11.6. The highest BCUT2D eigenvalue weighted by Crippen LogP contribution is 2.36. The van der Waals surface area contributed by atoms with Crippen LogP contribution >= 0.6 is 15.9 Å². The molecule has 0 saturated heterocycles. The number of carbonyl (C=O) groups is 3. The lowest BCUT2D eigenvalue weighted by molar-refractivity contribution is -0.145. The number of halogens is 1. The number of benzene rings is 2. The van der Waals surface area contributed by atoms with Gasteiger partial charge in [-0.25, -0.2) is 10.2 Å². The van der Waals surface area contributed by atoms with Crippen LogP contribution in [0.2, 0.25) is 0 Å². The molecule has 0 aliphatic rings. The van der Waals surface area contributed by atoms with Crippen LogP contribution in [-0.4, -0.2) is 57.0 Å². The quantitative estimate of drug-likeness (QED) is 0.237. The van der Waals surface area contributed by atoms with Gasteiger partial charge in [-0.3, -0.25) is 9.59 Å². The van der Waals surface area contributed by atoms with Crippen molar-refractivity contribution in [1.82, 2.24) is 10.7 Å². The van der Waals surface area contributed by atoms with E-state index in [0.29, 0.717) is 39.5 Å². The van der Waals surface area contributed by atoms with Crippen LogP contribution in [0.4, 0.5) is 0 Å². The van der Waals surface area contributed by atoms with E-state index in [2.05, 4.69) is 31.8 Å². The Morgan fingerprint density at radius 2 is 1.80 bits per heavy atom. The van der Waals surface area contributed by atoms with E-state index in [1.807, 2.05) is 6.92 Å². The smallest absolute Gasteiger partial charge is 0.344 e. The molecule has 0 aliphatic heterocycles. The zero-order valence-corrected chi connectivity index (χ0v) is 21.5. The summed E-state index contributed by atoms with van der Waals surface area (Å²) in [4.78, 5) is 36.3. The minimum Gasteiger partial charge on any atom is -0.497 e. The number of methoxy groups -OCH3 is 1. The third-order valence-electron chi connectivity index (χ3n) is 4.45. The second kappa shape index (κ2) is 14.0. The molecule has 0 saturated carbocycles. The van der Waals surface area contributed by atoms with Gasteiger partial charge in [0.15, 0.2) is 18.1 Å². The molecule has 2 N–H and O–H groups in total. The van der Waals surface area contributed by atoms with Gasteiger partial charge in [0.1, 0.15) is 11.8 Å². The van der Waals surface area contributed by atoms with Gasteiger partial charge in [-0.05, 0) is 78.7 Å². The average Bonchev–Trinajstić information content (AvgIpc) is 2.83. The molecule has 188 valence electrons. The summed E-state index contributed by atoms with van der Waals surface area (Å²) in [6, 6.07) is 9.03. The predicted molar refractivity (Wildman–Crippen MR) is 133 cm³/mol. The van der Waals surface area contributed by atoms with Crippen LogP contribution in [0.5, 0.6) is 17.2 Å². The van der Waals surface area contributed by atoms with Crippen LogP contribution in [0.3, 0.4) is 0 Å². The number of nitrogens with zero attached hydrogens (tertiary/aromatic N) is 1. The van der Waals surface area contributed by atoms with Crippen molar-refractivity contribution in [2.45, 2.75) is 26.8 Å². The molecular formula is C24H28BrN3O7. The highest BCUT2D eigenvalue weighted by atomic mass is 79.9. The summed E-state index contributed by atoms with van der Waals surface area (Å²) >= 11 is 3.40. The molecular weight excluding hydrogens is 522 g/mol. The molecule has 0 aliphatic carbocycles. The zero-order chi connectivity index (χ0) is 25.8. The number of ether oxygens (including phenoxy) is 4. The predicted octanol–water partition coefficient (Wildman–Crippen LogP) is 3.07. The zero-order valence-electron chi connectivity index (χ0n) is 19.9. The average molecular weight is 550 g/mol. The normalized spacial score (nSPS) is 11.5. The molecule has 2 amide bonds. The van der Waals surface area contributed by atoms with Gasteiger partial charge < -0.3 is 24.3 Å². The van der Waals surface area contributed by atoms with Crippen LogP contribution in [0.25, 0.3) is 0 Å². The third-order valence-corrected chi connectivity index (χ3v) is 5.04. The van der Waals surface area contributed by atoms with E-state index in [1.165, 1.54) is 13.3 Å². The van der Waals surface area contributed by atoms with E-state index in [4.69, 9.17) is 18.9 Å². The number of hydrogen-bond donors (Lipinski definition) is 2. The van der Waals surface area contributed by atoms with Crippen molar-refractivity contribution in [3.05, 3.63) is 52.0 Å². The fourth-order valence-corrected chi connectivity index (χ4v) is 3.33. The van der Waals surface area contributed by atoms with E-state index in [9.17, 15) is 14.4 Å². The maximum Gasteiger partial charge on any atom is 0.344 e.